The molecule has 0 amide bonds. The second kappa shape index (κ2) is 6.81. The van der Waals surface area contributed by atoms with Crippen LogP contribution in [0.4, 0.5) is 13.2 Å². The Labute approximate surface area is 152 Å². The van der Waals surface area contributed by atoms with Crippen molar-refractivity contribution in [1.82, 2.24) is 14.8 Å². The zero-order chi connectivity index (χ0) is 18.9. The smallest absolute Gasteiger partial charge is 0.257 e. The molecule has 0 saturated heterocycles. The van der Waals surface area contributed by atoms with E-state index in [0.717, 1.165) is 23.7 Å². The average Bonchev–Trinajstić information content (AvgIpc) is 2.99. The highest BCUT2D eigenvalue weighted by Gasteiger charge is 2.38. The molecule has 0 aliphatic carbocycles. The number of nitrogens with zero attached hydrogens (tertiary/aromatic N) is 4. The summed E-state index contributed by atoms with van der Waals surface area (Å²) in [5, 5.41) is 13.5. The number of benzene rings is 1. The summed E-state index contributed by atoms with van der Waals surface area (Å²) in [4.78, 5) is 4.10. The minimum atomic E-state index is -3.21. The number of pyridine rings is 1. The number of rotatable bonds is 4. The summed E-state index contributed by atoms with van der Waals surface area (Å²) in [6.07, 6.45) is 1.32. The van der Waals surface area contributed by atoms with Crippen LogP contribution in [0.25, 0.3) is 11.3 Å². The maximum absolute atomic E-state index is 14.3. The molecule has 0 saturated carbocycles. The van der Waals surface area contributed by atoms with E-state index in [9.17, 15) is 18.4 Å². The molecule has 0 N–H and O–H groups in total. The molecule has 8 heteroatoms. The second-order valence-electron chi connectivity index (χ2n) is 5.74. The average molecular weight is 377 g/mol. The number of alkyl halides is 2. The molecule has 2 heterocycles. The summed E-state index contributed by atoms with van der Waals surface area (Å²) < 4.78 is 42.8. The Morgan fingerprint density at radius 3 is 2.46 bits per heavy atom. The first-order chi connectivity index (χ1) is 12.3. The fourth-order valence-corrected chi connectivity index (χ4v) is 2.84. The van der Waals surface area contributed by atoms with Crippen molar-refractivity contribution in [1.29, 1.82) is 5.26 Å². The van der Waals surface area contributed by atoms with Crippen LogP contribution in [-0.2, 0) is 0 Å². The summed E-state index contributed by atoms with van der Waals surface area (Å²) in [5.41, 5.74) is 0.733. The van der Waals surface area contributed by atoms with E-state index in [0.29, 0.717) is 5.69 Å². The zero-order valence-electron chi connectivity index (χ0n) is 13.5. The van der Waals surface area contributed by atoms with Crippen LogP contribution in [0.2, 0.25) is 5.15 Å². The molecule has 0 aliphatic rings. The molecule has 26 heavy (non-hydrogen) atoms. The van der Waals surface area contributed by atoms with Gasteiger partial charge in [-0.05, 0) is 29.8 Å². The van der Waals surface area contributed by atoms with Gasteiger partial charge in [0, 0.05) is 13.1 Å². The van der Waals surface area contributed by atoms with Crippen molar-refractivity contribution in [2.24, 2.45) is 0 Å². The molecule has 0 spiro atoms. The normalized spacial score (nSPS) is 12.6. The third-order valence-corrected chi connectivity index (χ3v) is 3.97. The standard InChI is InChI=1S/C18H12ClF3N4/c1-18(21,22)17(11-5-7-12(20)8-6-11)26-10-13(15(9-23)25-26)14-3-2-4-16(19)24-14/h2-8,10,17H,1H3. The highest BCUT2D eigenvalue weighted by atomic mass is 35.5. The van der Waals surface area contributed by atoms with Gasteiger partial charge < -0.3 is 0 Å². The zero-order valence-corrected chi connectivity index (χ0v) is 14.3. The molecule has 132 valence electrons. The van der Waals surface area contributed by atoms with Crippen LogP contribution in [0.15, 0.2) is 48.7 Å². The van der Waals surface area contributed by atoms with Gasteiger partial charge in [-0.1, -0.05) is 29.8 Å². The first-order valence-electron chi connectivity index (χ1n) is 7.55. The molecule has 1 unspecified atom stereocenters. The van der Waals surface area contributed by atoms with E-state index in [1.165, 1.54) is 18.3 Å². The Morgan fingerprint density at radius 1 is 1.19 bits per heavy atom. The van der Waals surface area contributed by atoms with E-state index >= 15 is 0 Å². The number of hydrogen-bond donors (Lipinski definition) is 0. The van der Waals surface area contributed by atoms with Crippen molar-refractivity contribution in [3.8, 4) is 17.3 Å². The van der Waals surface area contributed by atoms with Crippen molar-refractivity contribution >= 4 is 11.6 Å². The number of nitriles is 1. The lowest BCUT2D eigenvalue weighted by Crippen LogP contribution is -2.29. The lowest BCUT2D eigenvalue weighted by Gasteiger charge is -2.24. The summed E-state index contributed by atoms with van der Waals surface area (Å²) in [6.45, 7) is 0.742. The van der Waals surface area contributed by atoms with Gasteiger partial charge in [-0.2, -0.15) is 10.4 Å². The number of hydrogen-bond acceptors (Lipinski definition) is 3. The topological polar surface area (TPSA) is 54.5 Å². The fourth-order valence-electron chi connectivity index (χ4n) is 2.67. The van der Waals surface area contributed by atoms with Gasteiger partial charge in [0.25, 0.3) is 5.92 Å². The second-order valence-corrected chi connectivity index (χ2v) is 6.13. The summed E-state index contributed by atoms with van der Waals surface area (Å²) in [5.74, 6) is -3.75. The molecule has 3 rings (SSSR count). The maximum atomic E-state index is 14.3. The summed E-state index contributed by atoms with van der Waals surface area (Å²) >= 11 is 5.87. The van der Waals surface area contributed by atoms with Gasteiger partial charge in [-0.25, -0.2) is 18.2 Å². The molecular weight excluding hydrogens is 365 g/mol. The molecule has 2 aromatic heterocycles. The molecule has 0 radical (unpaired) electrons. The van der Waals surface area contributed by atoms with Crippen LogP contribution in [-0.4, -0.2) is 20.7 Å². The van der Waals surface area contributed by atoms with Gasteiger partial charge in [0.15, 0.2) is 5.69 Å². The predicted molar refractivity (Wildman–Crippen MR) is 90.3 cm³/mol. The minimum absolute atomic E-state index is 0.0591. The predicted octanol–water partition coefficient (Wildman–Crippen LogP) is 4.85. The van der Waals surface area contributed by atoms with Crippen molar-refractivity contribution in [2.45, 2.75) is 18.9 Å². The van der Waals surface area contributed by atoms with E-state index in [2.05, 4.69) is 10.1 Å². The van der Waals surface area contributed by atoms with E-state index in [4.69, 9.17) is 11.6 Å². The monoisotopic (exact) mass is 376 g/mol. The Bertz CT molecular complexity index is 971. The molecule has 4 nitrogen and oxygen atoms in total. The molecule has 0 aliphatic heterocycles. The molecule has 1 aromatic carbocycles. The van der Waals surface area contributed by atoms with E-state index in [-0.39, 0.29) is 22.0 Å². The summed E-state index contributed by atoms with van der Waals surface area (Å²) in [7, 11) is 0. The molecular formula is C18H12ClF3N4. The molecule has 1 atom stereocenters. The molecule has 0 fully saturated rings. The van der Waals surface area contributed by atoms with Gasteiger partial charge in [-0.15, -0.1) is 0 Å². The van der Waals surface area contributed by atoms with Crippen molar-refractivity contribution in [3.05, 3.63) is 70.9 Å². The number of halogens is 4. The largest absolute Gasteiger partial charge is 0.271 e. The van der Waals surface area contributed by atoms with Gasteiger partial charge in [0.1, 0.15) is 23.1 Å². The lowest BCUT2D eigenvalue weighted by atomic mass is 10.0. The van der Waals surface area contributed by atoms with Crippen LogP contribution in [0, 0.1) is 17.1 Å². The van der Waals surface area contributed by atoms with Crippen molar-refractivity contribution < 1.29 is 13.2 Å². The first kappa shape index (κ1) is 18.0. The van der Waals surface area contributed by atoms with Gasteiger partial charge in [0.05, 0.1) is 11.3 Å². The van der Waals surface area contributed by atoms with Crippen molar-refractivity contribution in [3.63, 3.8) is 0 Å². The third-order valence-electron chi connectivity index (χ3n) is 3.76. The maximum Gasteiger partial charge on any atom is 0.271 e. The third kappa shape index (κ3) is 3.55. The Hall–Kier alpha value is -2.85. The van der Waals surface area contributed by atoms with Gasteiger partial charge >= 0.3 is 0 Å². The Balaban J connectivity index is 2.14. The first-order valence-corrected chi connectivity index (χ1v) is 7.93. The van der Waals surface area contributed by atoms with Crippen molar-refractivity contribution in [2.75, 3.05) is 0 Å². The van der Waals surface area contributed by atoms with E-state index < -0.39 is 17.8 Å². The Kier molecular flexibility index (Phi) is 4.70. The highest BCUT2D eigenvalue weighted by Crippen LogP contribution is 2.36. The van der Waals surface area contributed by atoms with Crippen LogP contribution >= 0.6 is 11.6 Å². The SMILES string of the molecule is CC(F)(F)C(c1ccc(F)cc1)n1cc(-c2cccc(Cl)n2)c(C#N)n1. The lowest BCUT2D eigenvalue weighted by molar-refractivity contribution is -0.0217. The van der Waals surface area contributed by atoms with Crippen LogP contribution < -0.4 is 0 Å². The van der Waals surface area contributed by atoms with Crippen LogP contribution in [0.3, 0.4) is 0 Å². The minimum Gasteiger partial charge on any atom is -0.257 e. The van der Waals surface area contributed by atoms with Crippen LogP contribution in [0.1, 0.15) is 24.2 Å². The van der Waals surface area contributed by atoms with Gasteiger partial charge in [-0.3, -0.25) is 4.68 Å². The quantitative estimate of drug-likeness (QED) is 0.611. The van der Waals surface area contributed by atoms with Gasteiger partial charge in [0.2, 0.25) is 0 Å². The summed E-state index contributed by atoms with van der Waals surface area (Å²) in [6, 6.07) is 9.90. The highest BCUT2D eigenvalue weighted by molar-refractivity contribution is 6.29. The van der Waals surface area contributed by atoms with E-state index in [1.807, 2.05) is 6.07 Å². The fraction of sp³-hybridized carbons (Fsp3) is 0.167. The van der Waals surface area contributed by atoms with Crippen LogP contribution in [0.5, 0.6) is 0 Å². The molecule has 3 aromatic rings. The molecule has 0 bridgehead atoms. The number of aromatic nitrogens is 3. The van der Waals surface area contributed by atoms with E-state index in [1.54, 1.807) is 18.2 Å². The Morgan fingerprint density at radius 2 is 1.88 bits per heavy atom.